The third kappa shape index (κ3) is 3.49. The number of nitrogens with one attached hydrogen (secondary N) is 2. The number of hydrogen-bond donors (Lipinski definition) is 2. The smallest absolute Gasteiger partial charge is 0.252 e. The van der Waals surface area contributed by atoms with Crippen molar-refractivity contribution in [1.29, 1.82) is 0 Å². The molecule has 0 aliphatic heterocycles. The Balaban J connectivity index is 1.87. The molecule has 2 aromatic carbocycles. The molecular formula is C18H19N5O3. The molecule has 1 aromatic heterocycles. The number of nitrogens with zero attached hydrogens (tertiary/aromatic N) is 3. The van der Waals surface area contributed by atoms with Gasteiger partial charge in [-0.25, -0.2) is 0 Å². The number of methoxy groups -OCH3 is 2. The van der Waals surface area contributed by atoms with Crippen LogP contribution in [0.25, 0.3) is 11.4 Å². The summed E-state index contributed by atoms with van der Waals surface area (Å²) in [7, 11) is 3.18. The molecule has 0 unspecified atom stereocenters. The van der Waals surface area contributed by atoms with Crippen LogP contribution in [0.15, 0.2) is 42.5 Å². The second kappa shape index (κ2) is 7.64. The highest BCUT2D eigenvalue weighted by molar-refractivity contribution is 6.00. The fraction of sp³-hybridized carbons (Fsp3) is 0.222. The van der Waals surface area contributed by atoms with Crippen LogP contribution >= 0.6 is 0 Å². The predicted molar refractivity (Wildman–Crippen MR) is 95.0 cm³/mol. The standard InChI is InChI=1S/C18H19N5O3/c1-11(15-10-12(25-2)8-9-16(15)26-3)19-18(24)14-7-5-4-6-13(14)17-20-22-23-21-17/h4-11H,1-3H3,(H,19,24)(H,20,21,22,23)/t11-/m1/s1. The topological polar surface area (TPSA) is 102 Å². The number of tetrazole rings is 1. The summed E-state index contributed by atoms with van der Waals surface area (Å²) in [5.74, 6) is 1.48. The monoisotopic (exact) mass is 353 g/mol. The number of ether oxygens (including phenoxy) is 2. The summed E-state index contributed by atoms with van der Waals surface area (Å²) < 4.78 is 10.7. The number of hydrogen-bond acceptors (Lipinski definition) is 6. The quantitative estimate of drug-likeness (QED) is 0.705. The van der Waals surface area contributed by atoms with Crippen LogP contribution in [0.4, 0.5) is 0 Å². The lowest BCUT2D eigenvalue weighted by atomic mass is 10.0. The Hall–Kier alpha value is -3.42. The molecule has 8 heteroatoms. The molecule has 1 amide bonds. The maximum atomic E-state index is 12.8. The molecule has 0 fully saturated rings. The van der Waals surface area contributed by atoms with E-state index < -0.39 is 0 Å². The molecule has 134 valence electrons. The van der Waals surface area contributed by atoms with Crippen molar-refractivity contribution in [3.63, 3.8) is 0 Å². The molecule has 0 aliphatic rings. The second-order valence-corrected chi connectivity index (χ2v) is 5.58. The normalized spacial score (nSPS) is 11.7. The Labute approximate surface area is 150 Å². The van der Waals surface area contributed by atoms with Gasteiger partial charge in [-0.15, -0.1) is 10.2 Å². The molecule has 8 nitrogen and oxygen atoms in total. The van der Waals surface area contributed by atoms with Crippen LogP contribution in [0.1, 0.15) is 28.9 Å². The van der Waals surface area contributed by atoms with Crippen molar-refractivity contribution in [3.8, 4) is 22.9 Å². The van der Waals surface area contributed by atoms with E-state index in [2.05, 4.69) is 25.9 Å². The molecule has 0 saturated heterocycles. The van der Waals surface area contributed by atoms with Crippen molar-refractivity contribution >= 4 is 5.91 Å². The average molecular weight is 353 g/mol. The van der Waals surface area contributed by atoms with Gasteiger partial charge in [0.2, 0.25) is 5.82 Å². The van der Waals surface area contributed by atoms with E-state index in [9.17, 15) is 4.79 Å². The van der Waals surface area contributed by atoms with Crippen molar-refractivity contribution in [1.82, 2.24) is 25.9 Å². The Bertz CT molecular complexity index is 896. The van der Waals surface area contributed by atoms with Crippen LogP contribution in [-0.4, -0.2) is 40.8 Å². The molecule has 0 bridgehead atoms. The fourth-order valence-electron chi connectivity index (χ4n) is 2.68. The van der Waals surface area contributed by atoms with Crippen molar-refractivity contribution in [3.05, 3.63) is 53.6 Å². The van der Waals surface area contributed by atoms with Gasteiger partial charge >= 0.3 is 0 Å². The highest BCUT2D eigenvalue weighted by Crippen LogP contribution is 2.29. The van der Waals surface area contributed by atoms with Gasteiger partial charge in [0.05, 0.1) is 25.8 Å². The first-order chi connectivity index (χ1) is 12.6. The highest BCUT2D eigenvalue weighted by atomic mass is 16.5. The maximum Gasteiger partial charge on any atom is 0.252 e. The molecule has 0 saturated carbocycles. The maximum absolute atomic E-state index is 12.8. The molecule has 2 N–H and O–H groups in total. The summed E-state index contributed by atoms with van der Waals surface area (Å²) in [6.07, 6.45) is 0. The fourth-order valence-corrected chi connectivity index (χ4v) is 2.68. The van der Waals surface area contributed by atoms with E-state index in [0.717, 1.165) is 5.56 Å². The summed E-state index contributed by atoms with van der Waals surface area (Å²) >= 11 is 0. The van der Waals surface area contributed by atoms with Gasteiger partial charge < -0.3 is 14.8 Å². The van der Waals surface area contributed by atoms with Gasteiger partial charge in [0, 0.05) is 11.1 Å². The number of carbonyl (C=O) groups excluding carboxylic acids is 1. The number of aromatic amines is 1. The number of amides is 1. The molecule has 0 radical (unpaired) electrons. The minimum Gasteiger partial charge on any atom is -0.497 e. The highest BCUT2D eigenvalue weighted by Gasteiger charge is 2.19. The molecular weight excluding hydrogens is 334 g/mol. The first-order valence-corrected chi connectivity index (χ1v) is 7.99. The third-order valence-electron chi connectivity index (χ3n) is 4.01. The lowest BCUT2D eigenvalue weighted by molar-refractivity contribution is 0.0940. The summed E-state index contributed by atoms with van der Waals surface area (Å²) in [6, 6.07) is 12.3. The Morgan fingerprint density at radius 3 is 2.65 bits per heavy atom. The molecule has 1 heterocycles. The van der Waals surface area contributed by atoms with E-state index in [4.69, 9.17) is 9.47 Å². The average Bonchev–Trinajstić information content (AvgIpc) is 3.22. The summed E-state index contributed by atoms with van der Waals surface area (Å²) in [4.78, 5) is 12.8. The van der Waals surface area contributed by atoms with E-state index in [1.54, 1.807) is 32.4 Å². The number of aromatic nitrogens is 4. The zero-order chi connectivity index (χ0) is 18.5. The van der Waals surface area contributed by atoms with E-state index in [1.165, 1.54) is 0 Å². The van der Waals surface area contributed by atoms with Crippen molar-refractivity contribution in [2.75, 3.05) is 14.2 Å². The predicted octanol–water partition coefficient (Wildman–Crippen LogP) is 2.37. The van der Waals surface area contributed by atoms with E-state index in [1.807, 2.05) is 31.2 Å². The summed E-state index contributed by atoms with van der Waals surface area (Å²) in [5, 5.41) is 16.8. The van der Waals surface area contributed by atoms with Gasteiger partial charge in [0.15, 0.2) is 0 Å². The zero-order valence-electron chi connectivity index (χ0n) is 14.7. The number of H-pyrrole nitrogens is 1. The van der Waals surface area contributed by atoms with Crippen molar-refractivity contribution in [2.24, 2.45) is 0 Å². The van der Waals surface area contributed by atoms with Crippen LogP contribution in [0.5, 0.6) is 11.5 Å². The van der Waals surface area contributed by atoms with Gasteiger partial charge in [0.25, 0.3) is 5.91 Å². The SMILES string of the molecule is COc1ccc(OC)c([C@@H](C)NC(=O)c2ccccc2-c2nn[nH]n2)c1. The van der Waals surface area contributed by atoms with Crippen LogP contribution in [-0.2, 0) is 0 Å². The molecule has 0 spiro atoms. The van der Waals surface area contributed by atoms with Gasteiger partial charge in [-0.05, 0) is 36.4 Å². The van der Waals surface area contributed by atoms with Crippen molar-refractivity contribution in [2.45, 2.75) is 13.0 Å². The van der Waals surface area contributed by atoms with E-state index >= 15 is 0 Å². The molecule has 26 heavy (non-hydrogen) atoms. The van der Waals surface area contributed by atoms with Gasteiger partial charge in [0.1, 0.15) is 11.5 Å². The van der Waals surface area contributed by atoms with E-state index in [-0.39, 0.29) is 11.9 Å². The first kappa shape index (κ1) is 17.4. The number of benzene rings is 2. The molecule has 3 rings (SSSR count). The van der Waals surface area contributed by atoms with Crippen LogP contribution < -0.4 is 14.8 Å². The van der Waals surface area contributed by atoms with Crippen LogP contribution in [0, 0.1) is 0 Å². The van der Waals surface area contributed by atoms with Gasteiger partial charge in [-0.2, -0.15) is 5.21 Å². The summed E-state index contributed by atoms with van der Waals surface area (Å²) in [6.45, 7) is 1.88. The summed E-state index contributed by atoms with van der Waals surface area (Å²) in [5.41, 5.74) is 1.88. The minimum absolute atomic E-state index is 0.247. The largest absolute Gasteiger partial charge is 0.497 e. The first-order valence-electron chi connectivity index (χ1n) is 7.99. The van der Waals surface area contributed by atoms with Gasteiger partial charge in [-0.3, -0.25) is 4.79 Å². The van der Waals surface area contributed by atoms with E-state index in [0.29, 0.717) is 28.5 Å². The molecule has 3 aromatic rings. The Morgan fingerprint density at radius 1 is 1.15 bits per heavy atom. The lowest BCUT2D eigenvalue weighted by Crippen LogP contribution is -2.27. The number of carbonyl (C=O) groups is 1. The third-order valence-corrected chi connectivity index (χ3v) is 4.01. The Kier molecular flexibility index (Phi) is 5.12. The Morgan fingerprint density at radius 2 is 1.96 bits per heavy atom. The zero-order valence-corrected chi connectivity index (χ0v) is 14.7. The lowest BCUT2D eigenvalue weighted by Gasteiger charge is -2.19. The minimum atomic E-state index is -0.300. The molecule has 1 atom stereocenters. The second-order valence-electron chi connectivity index (χ2n) is 5.58. The van der Waals surface area contributed by atoms with Crippen molar-refractivity contribution < 1.29 is 14.3 Å². The number of rotatable bonds is 6. The van der Waals surface area contributed by atoms with Crippen LogP contribution in [0.3, 0.4) is 0 Å². The van der Waals surface area contributed by atoms with Gasteiger partial charge in [-0.1, -0.05) is 18.2 Å². The van der Waals surface area contributed by atoms with Crippen LogP contribution in [0.2, 0.25) is 0 Å². The molecule has 0 aliphatic carbocycles.